The van der Waals surface area contributed by atoms with Gasteiger partial charge in [0.2, 0.25) is 11.9 Å². The van der Waals surface area contributed by atoms with Crippen LogP contribution in [-0.4, -0.2) is 94.9 Å². The maximum atomic E-state index is 14.2. The molecule has 250 valence electrons. The zero-order chi connectivity index (χ0) is 32.9. The van der Waals surface area contributed by atoms with E-state index in [0.717, 1.165) is 64.5 Å². The van der Waals surface area contributed by atoms with Crippen LogP contribution in [0.5, 0.6) is 0 Å². The molecule has 4 aliphatic heterocycles. The first kappa shape index (κ1) is 33.6. The molecule has 47 heavy (non-hydrogen) atoms. The van der Waals surface area contributed by atoms with Crippen molar-refractivity contribution in [2.24, 2.45) is 4.99 Å². The van der Waals surface area contributed by atoms with Gasteiger partial charge in [-0.2, -0.15) is 5.26 Å². The number of halogens is 2. The molecule has 0 radical (unpaired) electrons. The Kier molecular flexibility index (Phi) is 10.9. The molecule has 0 saturated carbocycles. The summed E-state index contributed by atoms with van der Waals surface area (Å²) in [5.74, 6) is 0.372. The lowest BCUT2D eigenvalue weighted by Gasteiger charge is -2.41. The Morgan fingerprint density at radius 2 is 1.62 bits per heavy atom. The maximum absolute atomic E-state index is 14.2. The standard InChI is InChI=1S/C34H43Br2N9O2/c35-27-18-23(19-28(36)31(27)38)20-30(32(46)43-14-8-25(9-15-43)42-12-4-1-5-13-42)40-33(39-22-37)44-16-10-26(11-17-44)45-21-24-6-2-3-7-29(24)41-34(45)47/h2-3,6-7,18-19,25-26,30H,1,4-5,8-17,20-21,38H2,(H,39,40)(H,41,47)/t30-/m0/s1. The number of hydrogen-bond donors (Lipinski definition) is 3. The molecular formula is C34H43Br2N9O2. The number of piperidine rings is 3. The summed E-state index contributed by atoms with van der Waals surface area (Å²) in [6.45, 7) is 5.49. The van der Waals surface area contributed by atoms with Crippen molar-refractivity contribution in [2.45, 2.75) is 76.0 Å². The van der Waals surface area contributed by atoms with Crippen molar-refractivity contribution in [1.82, 2.24) is 24.9 Å². The second-order valence-electron chi connectivity index (χ2n) is 13.0. The molecule has 3 amide bonds. The SMILES string of the molecule is N#CNC(=N[C@@H](Cc1cc(Br)c(N)c(Br)c1)C(=O)N1CCC(N2CCCCC2)CC1)N1CCC(N2Cc3ccccc3NC2=O)CC1. The van der Waals surface area contributed by atoms with Gasteiger partial charge < -0.3 is 30.7 Å². The van der Waals surface area contributed by atoms with Crippen molar-refractivity contribution in [3.63, 3.8) is 0 Å². The monoisotopic (exact) mass is 767 g/mol. The second kappa shape index (κ2) is 15.3. The van der Waals surface area contributed by atoms with Crippen molar-refractivity contribution >= 4 is 61.1 Å². The first-order valence-electron chi connectivity index (χ1n) is 16.7. The van der Waals surface area contributed by atoms with Gasteiger partial charge in [-0.3, -0.25) is 10.1 Å². The number of nitrogen functional groups attached to an aromatic ring is 1. The minimum Gasteiger partial charge on any atom is -0.397 e. The lowest BCUT2D eigenvalue weighted by Crippen LogP contribution is -2.53. The molecule has 13 heteroatoms. The highest BCUT2D eigenvalue weighted by molar-refractivity contribution is 9.11. The predicted molar refractivity (Wildman–Crippen MR) is 191 cm³/mol. The Hall–Kier alpha value is -3.34. The number of guanidine groups is 1. The molecule has 2 aromatic carbocycles. The summed E-state index contributed by atoms with van der Waals surface area (Å²) < 4.78 is 1.50. The zero-order valence-electron chi connectivity index (χ0n) is 26.6. The fourth-order valence-corrected chi connectivity index (χ4v) is 8.69. The van der Waals surface area contributed by atoms with Crippen LogP contribution in [0.1, 0.15) is 56.1 Å². The lowest BCUT2D eigenvalue weighted by atomic mass is 9.98. The number of aliphatic imine (C=N–C) groups is 1. The third-order valence-electron chi connectivity index (χ3n) is 10.0. The van der Waals surface area contributed by atoms with Gasteiger partial charge >= 0.3 is 6.03 Å². The molecule has 4 heterocycles. The van der Waals surface area contributed by atoms with E-state index in [-0.39, 0.29) is 18.0 Å². The molecule has 3 saturated heterocycles. The van der Waals surface area contributed by atoms with Crippen LogP contribution in [0.2, 0.25) is 0 Å². The molecule has 11 nitrogen and oxygen atoms in total. The van der Waals surface area contributed by atoms with E-state index in [1.807, 2.05) is 51.1 Å². The van der Waals surface area contributed by atoms with Crippen LogP contribution in [-0.2, 0) is 17.8 Å². The second-order valence-corrected chi connectivity index (χ2v) is 14.7. The van der Waals surface area contributed by atoms with Crippen LogP contribution in [0.3, 0.4) is 0 Å². The van der Waals surface area contributed by atoms with Crippen LogP contribution in [0.4, 0.5) is 16.2 Å². The number of carbonyl (C=O) groups excluding carboxylic acids is 2. The number of nitriles is 1. The van der Waals surface area contributed by atoms with Crippen LogP contribution >= 0.6 is 31.9 Å². The smallest absolute Gasteiger partial charge is 0.322 e. The van der Waals surface area contributed by atoms with Crippen molar-refractivity contribution in [2.75, 3.05) is 50.3 Å². The number of benzene rings is 2. The van der Waals surface area contributed by atoms with Crippen LogP contribution < -0.4 is 16.4 Å². The number of amides is 3. The molecule has 0 unspecified atom stereocenters. The fraction of sp³-hybridized carbons (Fsp3) is 0.529. The number of urea groups is 1. The van der Waals surface area contributed by atoms with E-state index in [0.29, 0.717) is 56.8 Å². The van der Waals surface area contributed by atoms with Crippen LogP contribution in [0.15, 0.2) is 50.3 Å². The van der Waals surface area contributed by atoms with E-state index in [2.05, 4.69) is 53.6 Å². The number of likely N-dealkylation sites (tertiary alicyclic amines) is 3. The highest BCUT2D eigenvalue weighted by Crippen LogP contribution is 2.31. The number of nitrogens with one attached hydrogen (secondary N) is 2. The molecule has 0 aliphatic carbocycles. The van der Waals surface area contributed by atoms with Crippen molar-refractivity contribution in [3.8, 4) is 6.19 Å². The average molecular weight is 770 g/mol. The van der Waals surface area contributed by atoms with Gasteiger partial charge in [0.05, 0.1) is 5.69 Å². The minimum atomic E-state index is -0.720. The molecule has 4 N–H and O–H groups in total. The third-order valence-corrected chi connectivity index (χ3v) is 11.4. The van der Waals surface area contributed by atoms with Gasteiger partial charge in [0, 0.05) is 65.9 Å². The number of nitrogens with zero attached hydrogens (tertiary/aromatic N) is 6. The quantitative estimate of drug-likeness (QED) is 0.122. The summed E-state index contributed by atoms with van der Waals surface area (Å²) in [7, 11) is 0. The van der Waals surface area contributed by atoms with Crippen molar-refractivity contribution in [3.05, 3.63) is 56.5 Å². The molecule has 0 aromatic heterocycles. The lowest BCUT2D eigenvalue weighted by molar-refractivity contribution is -0.134. The first-order valence-corrected chi connectivity index (χ1v) is 18.3. The molecule has 6 rings (SSSR count). The third kappa shape index (κ3) is 7.87. The van der Waals surface area contributed by atoms with E-state index < -0.39 is 6.04 Å². The first-order chi connectivity index (χ1) is 22.8. The largest absolute Gasteiger partial charge is 0.397 e. The average Bonchev–Trinajstić information content (AvgIpc) is 3.10. The van der Waals surface area contributed by atoms with Crippen LogP contribution in [0.25, 0.3) is 0 Å². The van der Waals surface area contributed by atoms with Crippen molar-refractivity contribution in [1.29, 1.82) is 5.26 Å². The topological polar surface area (TPSA) is 133 Å². The maximum Gasteiger partial charge on any atom is 0.322 e. The van der Waals surface area contributed by atoms with E-state index >= 15 is 0 Å². The molecular weight excluding hydrogens is 726 g/mol. The molecule has 2 aromatic rings. The van der Waals surface area contributed by atoms with Gasteiger partial charge in [0.15, 0.2) is 6.19 Å². The Morgan fingerprint density at radius 1 is 0.979 bits per heavy atom. The summed E-state index contributed by atoms with van der Waals surface area (Å²) in [4.78, 5) is 40.7. The van der Waals surface area contributed by atoms with Crippen LogP contribution in [0, 0.1) is 11.5 Å². The molecule has 4 aliphatic rings. The summed E-state index contributed by atoms with van der Waals surface area (Å²) in [6.07, 6.45) is 9.62. The van der Waals surface area contributed by atoms with E-state index in [9.17, 15) is 14.9 Å². The molecule has 1 atom stereocenters. The molecule has 0 spiro atoms. The Morgan fingerprint density at radius 3 is 2.30 bits per heavy atom. The summed E-state index contributed by atoms with van der Waals surface area (Å²) in [5, 5.41) is 15.6. The van der Waals surface area contributed by atoms with Gasteiger partial charge in [0.1, 0.15) is 6.04 Å². The van der Waals surface area contributed by atoms with Gasteiger partial charge in [-0.15, -0.1) is 0 Å². The highest BCUT2D eigenvalue weighted by atomic mass is 79.9. The highest BCUT2D eigenvalue weighted by Gasteiger charge is 2.34. The summed E-state index contributed by atoms with van der Waals surface area (Å²) >= 11 is 7.10. The van der Waals surface area contributed by atoms with E-state index in [4.69, 9.17) is 10.7 Å². The van der Waals surface area contributed by atoms with Crippen molar-refractivity contribution < 1.29 is 9.59 Å². The number of para-hydroxylation sites is 1. The number of nitrogens with two attached hydrogens (primary N) is 1. The van der Waals surface area contributed by atoms with Gasteiger partial charge in [-0.1, -0.05) is 24.6 Å². The van der Waals surface area contributed by atoms with Gasteiger partial charge in [-0.25, -0.2) is 9.79 Å². The normalized spacial score (nSPS) is 20.7. The predicted octanol–water partition coefficient (Wildman–Crippen LogP) is 5.12. The molecule has 0 bridgehead atoms. The number of hydrogen-bond acceptors (Lipinski definition) is 6. The Bertz CT molecular complexity index is 1500. The number of anilines is 2. The summed E-state index contributed by atoms with van der Waals surface area (Å²) in [5.41, 5.74) is 9.64. The van der Waals surface area contributed by atoms with Gasteiger partial charge in [0.25, 0.3) is 0 Å². The van der Waals surface area contributed by atoms with E-state index in [1.165, 1.54) is 19.3 Å². The van der Waals surface area contributed by atoms with E-state index in [1.54, 1.807) is 0 Å². The number of rotatable bonds is 6. The Labute approximate surface area is 293 Å². The van der Waals surface area contributed by atoms with Gasteiger partial charge in [-0.05, 0) is 113 Å². The zero-order valence-corrected chi connectivity index (χ0v) is 29.8. The molecule has 3 fully saturated rings. The Balaban J connectivity index is 1.18. The fourth-order valence-electron chi connectivity index (χ4n) is 7.41. The number of carbonyl (C=O) groups is 2. The minimum absolute atomic E-state index is 0.0260. The summed E-state index contributed by atoms with van der Waals surface area (Å²) in [6, 6.07) is 11.5. The number of fused-ring (bicyclic) bond motifs is 1.